The molecule has 1 saturated heterocycles. The summed E-state index contributed by atoms with van der Waals surface area (Å²) in [6.45, 7) is 4.79. The van der Waals surface area contributed by atoms with Gasteiger partial charge in [0.05, 0.1) is 6.07 Å². The molecule has 0 aromatic heterocycles. The molecule has 0 bridgehead atoms. The van der Waals surface area contributed by atoms with Gasteiger partial charge in [-0.1, -0.05) is 6.42 Å². The second-order valence-corrected chi connectivity index (χ2v) is 4.00. The molecule has 1 fully saturated rings. The van der Waals surface area contributed by atoms with Crippen LogP contribution in [0.25, 0.3) is 0 Å². The van der Waals surface area contributed by atoms with Crippen LogP contribution < -0.4 is 0 Å². The summed E-state index contributed by atoms with van der Waals surface area (Å²) < 4.78 is 0. The molecule has 1 unspecified atom stereocenters. The van der Waals surface area contributed by atoms with Crippen LogP contribution in [0.5, 0.6) is 0 Å². The van der Waals surface area contributed by atoms with E-state index in [0.717, 1.165) is 18.9 Å². The first-order valence-corrected chi connectivity index (χ1v) is 5.45. The van der Waals surface area contributed by atoms with E-state index in [1.807, 2.05) is 0 Å². The number of rotatable bonds is 4. The molecule has 1 rings (SSSR count). The van der Waals surface area contributed by atoms with Crippen molar-refractivity contribution in [1.29, 1.82) is 5.26 Å². The highest BCUT2D eigenvalue weighted by Crippen LogP contribution is 2.16. The van der Waals surface area contributed by atoms with Crippen LogP contribution in [0, 0.1) is 11.3 Å². The minimum Gasteiger partial charge on any atom is -0.301 e. The molecule has 1 atom stereocenters. The minimum atomic E-state index is 0.724. The van der Waals surface area contributed by atoms with Crippen molar-refractivity contribution in [3.8, 4) is 6.07 Å². The Hall–Kier alpha value is -0.550. The smallest absolute Gasteiger partial charge is 0.0621 e. The maximum Gasteiger partial charge on any atom is 0.0621 e. The molecule has 0 amide bonds. The van der Waals surface area contributed by atoms with Gasteiger partial charge in [-0.2, -0.15) is 5.26 Å². The van der Waals surface area contributed by atoms with E-state index in [9.17, 15) is 0 Å². The van der Waals surface area contributed by atoms with E-state index in [1.165, 1.54) is 38.8 Å². The molecular weight excluding hydrogens is 160 g/mol. The third-order valence-corrected chi connectivity index (χ3v) is 2.92. The van der Waals surface area contributed by atoms with Gasteiger partial charge in [0.25, 0.3) is 0 Å². The maximum atomic E-state index is 8.39. The van der Waals surface area contributed by atoms with Gasteiger partial charge in [0.1, 0.15) is 0 Å². The molecule has 0 saturated carbocycles. The summed E-state index contributed by atoms with van der Waals surface area (Å²) in [7, 11) is 0. The summed E-state index contributed by atoms with van der Waals surface area (Å²) in [5.41, 5.74) is 0. The Labute approximate surface area is 81.5 Å². The quantitative estimate of drug-likeness (QED) is 0.622. The maximum absolute atomic E-state index is 8.39. The van der Waals surface area contributed by atoms with Crippen molar-refractivity contribution in [3.63, 3.8) is 0 Å². The van der Waals surface area contributed by atoms with Crippen molar-refractivity contribution < 1.29 is 0 Å². The first kappa shape index (κ1) is 10.5. The van der Waals surface area contributed by atoms with E-state index in [4.69, 9.17) is 5.26 Å². The molecule has 74 valence electrons. The Morgan fingerprint density at radius 3 is 2.92 bits per heavy atom. The van der Waals surface area contributed by atoms with Crippen molar-refractivity contribution in [3.05, 3.63) is 0 Å². The first-order valence-electron chi connectivity index (χ1n) is 5.45. The summed E-state index contributed by atoms with van der Waals surface area (Å²) >= 11 is 0. The fourth-order valence-electron chi connectivity index (χ4n) is 2.01. The van der Waals surface area contributed by atoms with Crippen molar-refractivity contribution in [2.45, 2.75) is 51.5 Å². The van der Waals surface area contributed by atoms with Crippen molar-refractivity contribution in [2.75, 3.05) is 13.1 Å². The van der Waals surface area contributed by atoms with Crippen molar-refractivity contribution in [1.82, 2.24) is 4.90 Å². The number of nitrogens with zero attached hydrogens (tertiary/aromatic N) is 2. The number of unbranched alkanes of at least 4 members (excludes halogenated alkanes) is 2. The van der Waals surface area contributed by atoms with Crippen LogP contribution in [0.15, 0.2) is 0 Å². The number of hydrogen-bond donors (Lipinski definition) is 0. The lowest BCUT2D eigenvalue weighted by Crippen LogP contribution is -2.37. The lowest BCUT2D eigenvalue weighted by atomic mass is 10.0. The number of piperidine rings is 1. The number of hydrogen-bond acceptors (Lipinski definition) is 2. The zero-order valence-corrected chi connectivity index (χ0v) is 8.63. The van der Waals surface area contributed by atoms with Crippen LogP contribution in [-0.2, 0) is 0 Å². The zero-order chi connectivity index (χ0) is 9.52. The van der Waals surface area contributed by atoms with Crippen LogP contribution in [0.2, 0.25) is 0 Å². The molecule has 0 aliphatic carbocycles. The van der Waals surface area contributed by atoms with Gasteiger partial charge in [0.2, 0.25) is 0 Å². The molecule has 1 aliphatic heterocycles. The monoisotopic (exact) mass is 180 g/mol. The van der Waals surface area contributed by atoms with E-state index in [-0.39, 0.29) is 0 Å². The van der Waals surface area contributed by atoms with Gasteiger partial charge in [-0.15, -0.1) is 0 Å². The normalized spacial score (nSPS) is 24.2. The molecule has 1 heterocycles. The van der Waals surface area contributed by atoms with Crippen LogP contribution >= 0.6 is 0 Å². The summed E-state index contributed by atoms with van der Waals surface area (Å²) in [6.07, 6.45) is 7.11. The average molecular weight is 180 g/mol. The van der Waals surface area contributed by atoms with Gasteiger partial charge in [-0.3, -0.25) is 0 Å². The molecule has 2 heteroatoms. The summed E-state index contributed by atoms with van der Waals surface area (Å²) in [6, 6.07) is 2.97. The van der Waals surface area contributed by atoms with Crippen LogP contribution in [0.3, 0.4) is 0 Å². The SMILES string of the molecule is CC1CCCCN1CCCCC#N. The third kappa shape index (κ3) is 3.78. The minimum absolute atomic E-state index is 0.724. The van der Waals surface area contributed by atoms with E-state index < -0.39 is 0 Å². The predicted octanol–water partition coefficient (Wildman–Crippen LogP) is 2.55. The Morgan fingerprint density at radius 1 is 1.38 bits per heavy atom. The molecule has 0 aromatic carbocycles. The van der Waals surface area contributed by atoms with E-state index in [0.29, 0.717) is 0 Å². The Balaban J connectivity index is 2.09. The molecule has 0 spiro atoms. The lowest BCUT2D eigenvalue weighted by Gasteiger charge is -2.33. The molecule has 2 nitrogen and oxygen atoms in total. The summed E-state index contributed by atoms with van der Waals surface area (Å²) in [4.78, 5) is 2.57. The zero-order valence-electron chi connectivity index (χ0n) is 8.63. The van der Waals surface area contributed by atoms with Gasteiger partial charge in [0.15, 0.2) is 0 Å². The van der Waals surface area contributed by atoms with Crippen LogP contribution in [0.1, 0.15) is 45.4 Å². The van der Waals surface area contributed by atoms with Crippen LogP contribution in [-0.4, -0.2) is 24.0 Å². The van der Waals surface area contributed by atoms with E-state index in [1.54, 1.807) is 0 Å². The van der Waals surface area contributed by atoms with Crippen LogP contribution in [0.4, 0.5) is 0 Å². The average Bonchev–Trinajstić information content (AvgIpc) is 2.15. The fourth-order valence-corrected chi connectivity index (χ4v) is 2.01. The molecule has 0 N–H and O–H groups in total. The largest absolute Gasteiger partial charge is 0.301 e. The first-order chi connectivity index (χ1) is 6.34. The van der Waals surface area contributed by atoms with Gasteiger partial charge in [-0.05, 0) is 45.7 Å². The number of likely N-dealkylation sites (tertiary alicyclic amines) is 1. The van der Waals surface area contributed by atoms with Gasteiger partial charge < -0.3 is 4.90 Å². The Kier molecular flexibility index (Phi) is 4.85. The van der Waals surface area contributed by atoms with E-state index >= 15 is 0 Å². The fraction of sp³-hybridized carbons (Fsp3) is 0.909. The van der Waals surface area contributed by atoms with Gasteiger partial charge >= 0.3 is 0 Å². The van der Waals surface area contributed by atoms with Gasteiger partial charge in [0, 0.05) is 12.5 Å². The Morgan fingerprint density at radius 2 is 2.23 bits per heavy atom. The summed E-state index contributed by atoms with van der Waals surface area (Å²) in [5.74, 6) is 0. The van der Waals surface area contributed by atoms with Gasteiger partial charge in [-0.25, -0.2) is 0 Å². The highest BCUT2D eigenvalue weighted by atomic mass is 15.1. The van der Waals surface area contributed by atoms with Crippen molar-refractivity contribution >= 4 is 0 Å². The second-order valence-electron chi connectivity index (χ2n) is 4.00. The number of nitriles is 1. The lowest BCUT2D eigenvalue weighted by molar-refractivity contribution is 0.158. The standard InChI is InChI=1S/C11H20N2/c1-11-7-3-6-10-13(11)9-5-2-4-8-12/h11H,2-7,9-10H2,1H3. The summed E-state index contributed by atoms with van der Waals surface area (Å²) in [5, 5.41) is 8.39. The molecule has 1 aliphatic rings. The Bertz CT molecular complexity index is 171. The molecule has 0 aromatic rings. The molecular formula is C11H20N2. The third-order valence-electron chi connectivity index (χ3n) is 2.92. The van der Waals surface area contributed by atoms with Crippen molar-refractivity contribution in [2.24, 2.45) is 0 Å². The predicted molar refractivity (Wildman–Crippen MR) is 54.4 cm³/mol. The molecule has 0 radical (unpaired) electrons. The highest BCUT2D eigenvalue weighted by molar-refractivity contribution is 4.74. The second kappa shape index (κ2) is 5.99. The highest BCUT2D eigenvalue weighted by Gasteiger charge is 2.16. The topological polar surface area (TPSA) is 27.0 Å². The molecule has 13 heavy (non-hydrogen) atoms. The van der Waals surface area contributed by atoms with E-state index in [2.05, 4.69) is 17.9 Å².